The van der Waals surface area contributed by atoms with Gasteiger partial charge in [0, 0.05) is 18.7 Å². The molecule has 0 spiro atoms. The third kappa shape index (κ3) is 3.43. The van der Waals surface area contributed by atoms with Crippen molar-refractivity contribution >= 4 is 11.8 Å². The van der Waals surface area contributed by atoms with Crippen molar-refractivity contribution in [3.05, 3.63) is 35.4 Å². The highest BCUT2D eigenvalue weighted by atomic mass is 16.2. The number of hydrogen-bond donors (Lipinski definition) is 2. The molecule has 3 heterocycles. The van der Waals surface area contributed by atoms with Crippen molar-refractivity contribution in [1.82, 2.24) is 15.5 Å². The van der Waals surface area contributed by atoms with E-state index in [1.165, 1.54) is 12.8 Å². The molecule has 0 aliphatic carbocycles. The minimum Gasteiger partial charge on any atom is -0.345 e. The minimum absolute atomic E-state index is 0.0574. The SMILES string of the molecule is O=C1NC(CC(=O)N2CCC(C3CCNCC3)CC2)c2ccccc21. The molecule has 3 aliphatic rings. The van der Waals surface area contributed by atoms with E-state index in [0.29, 0.717) is 12.0 Å². The second-order valence-electron chi connectivity index (χ2n) is 7.62. The number of rotatable bonds is 3. The van der Waals surface area contributed by atoms with Crippen molar-refractivity contribution in [3.8, 4) is 0 Å². The van der Waals surface area contributed by atoms with Crippen LogP contribution < -0.4 is 10.6 Å². The van der Waals surface area contributed by atoms with E-state index < -0.39 is 0 Å². The molecule has 1 aromatic rings. The molecule has 3 aliphatic heterocycles. The number of piperidine rings is 2. The van der Waals surface area contributed by atoms with Gasteiger partial charge >= 0.3 is 0 Å². The number of fused-ring (bicyclic) bond motifs is 1. The maximum Gasteiger partial charge on any atom is 0.252 e. The molecule has 0 saturated carbocycles. The lowest BCUT2D eigenvalue weighted by Gasteiger charge is -2.38. The Morgan fingerprint density at radius 1 is 1.04 bits per heavy atom. The number of nitrogens with one attached hydrogen (secondary N) is 2. The average molecular weight is 341 g/mol. The largest absolute Gasteiger partial charge is 0.345 e. The smallest absolute Gasteiger partial charge is 0.252 e. The van der Waals surface area contributed by atoms with Gasteiger partial charge in [0.25, 0.3) is 5.91 Å². The van der Waals surface area contributed by atoms with E-state index in [1.807, 2.05) is 29.2 Å². The summed E-state index contributed by atoms with van der Waals surface area (Å²) in [5, 5.41) is 6.39. The second-order valence-corrected chi connectivity index (χ2v) is 7.62. The van der Waals surface area contributed by atoms with Gasteiger partial charge in [0.05, 0.1) is 12.5 Å². The van der Waals surface area contributed by atoms with Gasteiger partial charge in [-0.15, -0.1) is 0 Å². The van der Waals surface area contributed by atoms with Crippen LogP contribution >= 0.6 is 0 Å². The van der Waals surface area contributed by atoms with Crippen LogP contribution in [0.1, 0.15) is 54.1 Å². The van der Waals surface area contributed by atoms with Crippen LogP contribution in [-0.4, -0.2) is 42.9 Å². The Labute approximate surface area is 149 Å². The summed E-state index contributed by atoms with van der Waals surface area (Å²) < 4.78 is 0. The minimum atomic E-state index is -0.168. The second kappa shape index (κ2) is 7.16. The fourth-order valence-electron chi connectivity index (χ4n) is 4.72. The first kappa shape index (κ1) is 16.6. The van der Waals surface area contributed by atoms with Crippen LogP contribution in [0.5, 0.6) is 0 Å². The van der Waals surface area contributed by atoms with E-state index >= 15 is 0 Å². The van der Waals surface area contributed by atoms with Gasteiger partial charge in [-0.05, 0) is 62.2 Å². The zero-order chi connectivity index (χ0) is 17.2. The number of amides is 2. The van der Waals surface area contributed by atoms with E-state index in [1.54, 1.807) is 0 Å². The third-order valence-electron chi connectivity index (χ3n) is 6.21. The number of benzene rings is 1. The average Bonchev–Trinajstić information content (AvgIpc) is 2.98. The van der Waals surface area contributed by atoms with Crippen molar-refractivity contribution in [3.63, 3.8) is 0 Å². The van der Waals surface area contributed by atoms with Gasteiger partial charge in [-0.25, -0.2) is 0 Å². The monoisotopic (exact) mass is 341 g/mol. The summed E-state index contributed by atoms with van der Waals surface area (Å²) in [6.07, 6.45) is 5.20. The lowest BCUT2D eigenvalue weighted by molar-refractivity contribution is -0.133. The molecule has 2 saturated heterocycles. The highest BCUT2D eigenvalue weighted by molar-refractivity contribution is 5.99. The molecule has 2 fully saturated rings. The quantitative estimate of drug-likeness (QED) is 0.885. The topological polar surface area (TPSA) is 61.4 Å². The van der Waals surface area contributed by atoms with Crippen LogP contribution in [-0.2, 0) is 4.79 Å². The van der Waals surface area contributed by atoms with E-state index in [9.17, 15) is 9.59 Å². The van der Waals surface area contributed by atoms with E-state index in [4.69, 9.17) is 0 Å². The van der Waals surface area contributed by atoms with Crippen molar-refractivity contribution in [2.75, 3.05) is 26.2 Å². The van der Waals surface area contributed by atoms with Crippen molar-refractivity contribution < 1.29 is 9.59 Å². The van der Waals surface area contributed by atoms with Crippen LogP contribution in [0.2, 0.25) is 0 Å². The molecule has 134 valence electrons. The fourth-order valence-corrected chi connectivity index (χ4v) is 4.72. The zero-order valence-electron chi connectivity index (χ0n) is 14.7. The standard InChI is InChI=1S/C20H27N3O2/c24-19(13-18-16-3-1-2-4-17(16)20(25)22-18)23-11-7-15(8-12-23)14-5-9-21-10-6-14/h1-4,14-15,18,21H,5-13H2,(H,22,25). The van der Waals surface area contributed by atoms with Crippen molar-refractivity contribution in [2.45, 2.75) is 38.1 Å². The van der Waals surface area contributed by atoms with Gasteiger partial charge in [0.15, 0.2) is 0 Å². The molecular formula is C20H27N3O2. The lowest BCUT2D eigenvalue weighted by Crippen LogP contribution is -2.42. The molecule has 0 aromatic heterocycles. The number of carbonyl (C=O) groups excluding carboxylic acids is 2. The van der Waals surface area contributed by atoms with Crippen LogP contribution in [0.15, 0.2) is 24.3 Å². The van der Waals surface area contributed by atoms with Crippen LogP contribution in [0.4, 0.5) is 0 Å². The van der Waals surface area contributed by atoms with Crippen LogP contribution in [0, 0.1) is 11.8 Å². The van der Waals surface area contributed by atoms with Gasteiger partial charge in [-0.3, -0.25) is 9.59 Å². The predicted molar refractivity (Wildman–Crippen MR) is 96.2 cm³/mol. The number of hydrogen-bond acceptors (Lipinski definition) is 3. The van der Waals surface area contributed by atoms with Crippen molar-refractivity contribution in [2.24, 2.45) is 11.8 Å². The van der Waals surface area contributed by atoms with E-state index in [0.717, 1.165) is 56.4 Å². The lowest BCUT2D eigenvalue weighted by atomic mass is 9.79. The molecular weight excluding hydrogens is 314 g/mol. The summed E-state index contributed by atoms with van der Waals surface area (Å²) in [6, 6.07) is 7.42. The summed E-state index contributed by atoms with van der Waals surface area (Å²) >= 11 is 0. The Morgan fingerprint density at radius 3 is 2.48 bits per heavy atom. The summed E-state index contributed by atoms with van der Waals surface area (Å²) in [7, 11) is 0. The molecule has 1 atom stereocenters. The third-order valence-corrected chi connectivity index (χ3v) is 6.21. The Balaban J connectivity index is 1.32. The van der Waals surface area contributed by atoms with Crippen LogP contribution in [0.3, 0.4) is 0 Å². The summed E-state index contributed by atoms with van der Waals surface area (Å²) in [5.41, 5.74) is 1.68. The molecule has 25 heavy (non-hydrogen) atoms. The first-order valence-electron chi connectivity index (χ1n) is 9.60. The Bertz CT molecular complexity index is 646. The molecule has 1 unspecified atom stereocenters. The number of likely N-dealkylation sites (tertiary alicyclic amines) is 1. The highest BCUT2D eigenvalue weighted by Gasteiger charge is 2.33. The van der Waals surface area contributed by atoms with Gasteiger partial charge < -0.3 is 15.5 Å². The predicted octanol–water partition coefficient (Wildman–Crippen LogP) is 2.10. The van der Waals surface area contributed by atoms with E-state index in [2.05, 4.69) is 10.6 Å². The summed E-state index contributed by atoms with van der Waals surface area (Å²) in [6.45, 7) is 4.03. The Kier molecular flexibility index (Phi) is 4.75. The molecule has 2 N–H and O–H groups in total. The normalized spacial score (nSPS) is 24.9. The fraction of sp³-hybridized carbons (Fsp3) is 0.600. The number of carbonyl (C=O) groups is 2. The molecule has 0 radical (unpaired) electrons. The molecule has 1 aromatic carbocycles. The van der Waals surface area contributed by atoms with E-state index in [-0.39, 0.29) is 17.9 Å². The maximum absolute atomic E-state index is 12.7. The Morgan fingerprint density at radius 2 is 1.72 bits per heavy atom. The van der Waals surface area contributed by atoms with Crippen molar-refractivity contribution in [1.29, 1.82) is 0 Å². The first-order valence-corrected chi connectivity index (χ1v) is 9.60. The highest BCUT2D eigenvalue weighted by Crippen LogP contribution is 2.32. The molecule has 0 bridgehead atoms. The molecule has 2 amide bonds. The summed E-state index contributed by atoms with van der Waals surface area (Å²) in [5.74, 6) is 1.72. The molecule has 5 heteroatoms. The summed E-state index contributed by atoms with van der Waals surface area (Å²) in [4.78, 5) is 26.7. The Hall–Kier alpha value is -1.88. The van der Waals surface area contributed by atoms with Gasteiger partial charge in [0.2, 0.25) is 5.91 Å². The number of nitrogens with zero attached hydrogens (tertiary/aromatic N) is 1. The molecule has 5 nitrogen and oxygen atoms in total. The van der Waals surface area contributed by atoms with Gasteiger partial charge in [0.1, 0.15) is 0 Å². The van der Waals surface area contributed by atoms with Crippen LogP contribution in [0.25, 0.3) is 0 Å². The zero-order valence-corrected chi connectivity index (χ0v) is 14.7. The maximum atomic E-state index is 12.7. The van der Waals surface area contributed by atoms with Gasteiger partial charge in [-0.1, -0.05) is 18.2 Å². The first-order chi connectivity index (χ1) is 12.2. The molecule has 4 rings (SSSR count). The van der Waals surface area contributed by atoms with Gasteiger partial charge in [-0.2, -0.15) is 0 Å².